The van der Waals surface area contributed by atoms with E-state index in [4.69, 9.17) is 0 Å². The predicted molar refractivity (Wildman–Crippen MR) is 92.8 cm³/mol. The highest BCUT2D eigenvalue weighted by molar-refractivity contribution is 9.09. The summed E-state index contributed by atoms with van der Waals surface area (Å²) in [5.74, 6) is 0. The Kier molecular flexibility index (Phi) is 9.70. The van der Waals surface area contributed by atoms with Crippen molar-refractivity contribution in [2.75, 3.05) is 16.0 Å². The van der Waals surface area contributed by atoms with Crippen LogP contribution < -0.4 is 0 Å². The third-order valence-corrected chi connectivity index (χ3v) is 4.59. The van der Waals surface area contributed by atoms with E-state index in [9.17, 15) is 0 Å². The first-order valence-electron chi connectivity index (χ1n) is 6.59. The average molecular weight is 441 g/mol. The molecular weight excluding hydrogens is 420 g/mol. The first-order chi connectivity index (χ1) is 8.80. The molecule has 102 valence electrons. The Morgan fingerprint density at radius 1 is 0.556 bits per heavy atom. The van der Waals surface area contributed by atoms with Crippen molar-refractivity contribution in [3.63, 3.8) is 0 Å². The number of benzene rings is 1. The molecule has 3 heteroatoms. The van der Waals surface area contributed by atoms with E-state index in [-0.39, 0.29) is 0 Å². The van der Waals surface area contributed by atoms with Crippen molar-refractivity contribution in [2.24, 2.45) is 0 Å². The zero-order chi connectivity index (χ0) is 13.2. The van der Waals surface area contributed by atoms with Gasteiger partial charge in [-0.25, -0.2) is 0 Å². The van der Waals surface area contributed by atoms with Crippen molar-refractivity contribution in [1.82, 2.24) is 0 Å². The largest absolute Gasteiger partial charge is 0.0928 e. The fourth-order valence-electron chi connectivity index (χ4n) is 2.09. The molecule has 0 heterocycles. The molecule has 0 bridgehead atoms. The molecule has 0 fully saturated rings. The molecule has 1 rings (SSSR count). The quantitative estimate of drug-likeness (QED) is 0.434. The number of alkyl halides is 3. The van der Waals surface area contributed by atoms with E-state index < -0.39 is 0 Å². The summed E-state index contributed by atoms with van der Waals surface area (Å²) < 4.78 is 0. The molecule has 0 aliphatic rings. The van der Waals surface area contributed by atoms with Crippen LogP contribution in [0.2, 0.25) is 0 Å². The summed E-state index contributed by atoms with van der Waals surface area (Å²) in [6, 6.07) is 7.18. The lowest BCUT2D eigenvalue weighted by atomic mass is 9.98. The van der Waals surface area contributed by atoms with Crippen molar-refractivity contribution >= 4 is 47.8 Å². The summed E-state index contributed by atoms with van der Waals surface area (Å²) in [7, 11) is 0. The SMILES string of the molecule is BrCCCc1cc(CCCBr)cc(CCCBr)c1. The van der Waals surface area contributed by atoms with Gasteiger partial charge >= 0.3 is 0 Å². The Morgan fingerprint density at radius 3 is 1.06 bits per heavy atom. The third-order valence-electron chi connectivity index (χ3n) is 2.91. The lowest BCUT2D eigenvalue weighted by Crippen LogP contribution is -1.96. The summed E-state index contributed by atoms with van der Waals surface area (Å²) in [5.41, 5.74) is 4.52. The molecule has 1 aromatic carbocycles. The van der Waals surface area contributed by atoms with Crippen LogP contribution in [-0.4, -0.2) is 16.0 Å². The molecule has 1 aromatic rings. The maximum absolute atomic E-state index is 3.52. The molecule has 0 aliphatic heterocycles. The number of halogens is 3. The molecule has 0 nitrogen and oxygen atoms in total. The van der Waals surface area contributed by atoms with Crippen LogP contribution in [0.5, 0.6) is 0 Å². The molecule has 0 spiro atoms. The fraction of sp³-hybridized carbons (Fsp3) is 0.600. The summed E-state index contributed by atoms with van der Waals surface area (Å²) in [6.45, 7) is 0. The van der Waals surface area contributed by atoms with Crippen LogP contribution in [0.25, 0.3) is 0 Å². The predicted octanol–water partition coefficient (Wildman–Crippen LogP) is 5.67. The summed E-state index contributed by atoms with van der Waals surface area (Å²) >= 11 is 10.5. The first-order valence-corrected chi connectivity index (χ1v) is 9.96. The van der Waals surface area contributed by atoms with Gasteiger partial charge in [0.05, 0.1) is 0 Å². The van der Waals surface area contributed by atoms with Gasteiger partial charge in [0.25, 0.3) is 0 Å². The van der Waals surface area contributed by atoms with Crippen LogP contribution in [0.15, 0.2) is 18.2 Å². The van der Waals surface area contributed by atoms with Crippen LogP contribution in [-0.2, 0) is 19.3 Å². The van der Waals surface area contributed by atoms with Gasteiger partial charge in [0, 0.05) is 16.0 Å². The van der Waals surface area contributed by atoms with E-state index in [0.717, 1.165) is 16.0 Å². The summed E-state index contributed by atoms with van der Waals surface area (Å²) in [4.78, 5) is 0. The first kappa shape index (κ1) is 16.7. The normalized spacial score (nSPS) is 10.8. The van der Waals surface area contributed by atoms with Crippen LogP contribution in [0.3, 0.4) is 0 Å². The lowest BCUT2D eigenvalue weighted by Gasteiger charge is -2.09. The van der Waals surface area contributed by atoms with E-state index in [1.807, 2.05) is 0 Å². The maximum Gasteiger partial charge on any atom is 0.00344 e. The highest BCUT2D eigenvalue weighted by Gasteiger charge is 2.02. The van der Waals surface area contributed by atoms with Gasteiger partial charge in [-0.2, -0.15) is 0 Å². The van der Waals surface area contributed by atoms with Gasteiger partial charge in [-0.1, -0.05) is 66.0 Å². The highest BCUT2D eigenvalue weighted by Crippen LogP contribution is 2.16. The number of hydrogen-bond acceptors (Lipinski definition) is 0. The molecule has 0 aliphatic carbocycles. The van der Waals surface area contributed by atoms with Crippen molar-refractivity contribution in [3.05, 3.63) is 34.9 Å². The maximum atomic E-state index is 3.52. The summed E-state index contributed by atoms with van der Waals surface area (Å²) in [6.07, 6.45) is 7.23. The van der Waals surface area contributed by atoms with Crippen molar-refractivity contribution in [2.45, 2.75) is 38.5 Å². The van der Waals surface area contributed by atoms with Gasteiger partial charge in [0.1, 0.15) is 0 Å². The van der Waals surface area contributed by atoms with Gasteiger partial charge in [-0.15, -0.1) is 0 Å². The standard InChI is InChI=1S/C15H21Br3/c16-7-1-4-13-10-14(5-2-8-17)12-15(11-13)6-3-9-18/h10-12H,1-9H2. The molecule has 0 aromatic heterocycles. The van der Waals surface area contributed by atoms with Crippen LogP contribution >= 0.6 is 47.8 Å². The van der Waals surface area contributed by atoms with Gasteiger partial charge in [0.2, 0.25) is 0 Å². The molecule has 0 N–H and O–H groups in total. The van der Waals surface area contributed by atoms with Crippen molar-refractivity contribution in [1.29, 1.82) is 0 Å². The molecule has 18 heavy (non-hydrogen) atoms. The zero-order valence-electron chi connectivity index (χ0n) is 10.7. The van der Waals surface area contributed by atoms with Gasteiger partial charge in [-0.3, -0.25) is 0 Å². The zero-order valence-corrected chi connectivity index (χ0v) is 15.5. The van der Waals surface area contributed by atoms with Crippen LogP contribution in [0.1, 0.15) is 36.0 Å². The second kappa shape index (κ2) is 10.4. The molecule has 0 saturated carbocycles. The molecule has 0 atom stereocenters. The molecule has 0 radical (unpaired) electrons. The second-order valence-corrected chi connectivity index (χ2v) is 6.91. The van der Waals surface area contributed by atoms with E-state index in [1.165, 1.54) is 55.2 Å². The minimum atomic E-state index is 1.09. The molecule has 0 amide bonds. The minimum absolute atomic E-state index is 1.09. The fourth-order valence-corrected chi connectivity index (χ4v) is 2.93. The Labute approximate surface area is 136 Å². The average Bonchev–Trinajstić information content (AvgIpc) is 2.40. The van der Waals surface area contributed by atoms with E-state index >= 15 is 0 Å². The molecule has 0 unspecified atom stereocenters. The van der Waals surface area contributed by atoms with E-state index in [0.29, 0.717) is 0 Å². The number of rotatable bonds is 9. The Bertz CT molecular complexity index is 272. The topological polar surface area (TPSA) is 0 Å². The summed E-state index contributed by atoms with van der Waals surface area (Å²) in [5, 5.41) is 3.28. The second-order valence-electron chi connectivity index (χ2n) is 4.54. The lowest BCUT2D eigenvalue weighted by molar-refractivity contribution is 0.885. The van der Waals surface area contributed by atoms with Gasteiger partial charge in [0.15, 0.2) is 0 Å². The highest BCUT2D eigenvalue weighted by atomic mass is 79.9. The van der Waals surface area contributed by atoms with Crippen molar-refractivity contribution < 1.29 is 0 Å². The Morgan fingerprint density at radius 2 is 0.833 bits per heavy atom. The van der Waals surface area contributed by atoms with E-state index in [1.54, 1.807) is 0 Å². The van der Waals surface area contributed by atoms with Gasteiger partial charge in [-0.05, 0) is 55.2 Å². The molecular formula is C15H21Br3. The molecule has 0 saturated heterocycles. The third kappa shape index (κ3) is 6.72. The van der Waals surface area contributed by atoms with Crippen LogP contribution in [0, 0.1) is 0 Å². The van der Waals surface area contributed by atoms with Crippen LogP contribution in [0.4, 0.5) is 0 Å². The Hall–Kier alpha value is 0.660. The monoisotopic (exact) mass is 438 g/mol. The van der Waals surface area contributed by atoms with E-state index in [2.05, 4.69) is 66.0 Å². The minimum Gasteiger partial charge on any atom is -0.0928 e. The Balaban J connectivity index is 2.74. The smallest absolute Gasteiger partial charge is 0.00344 e. The van der Waals surface area contributed by atoms with Crippen molar-refractivity contribution in [3.8, 4) is 0 Å². The van der Waals surface area contributed by atoms with Gasteiger partial charge < -0.3 is 0 Å². The number of aryl methyl sites for hydroxylation is 3. The number of hydrogen-bond donors (Lipinski definition) is 0.